The molecule has 94 valence electrons. The highest BCUT2D eigenvalue weighted by atomic mass is 79.9. The Hall–Kier alpha value is -0.970. The zero-order chi connectivity index (χ0) is 12.6. The summed E-state index contributed by atoms with van der Waals surface area (Å²) in [6, 6.07) is 3.80. The Kier molecular flexibility index (Phi) is 3.21. The molecule has 1 fully saturated rings. The van der Waals surface area contributed by atoms with Gasteiger partial charge in [-0.05, 0) is 48.8 Å². The quantitative estimate of drug-likeness (QED) is 0.798. The van der Waals surface area contributed by atoms with Crippen molar-refractivity contribution in [3.05, 3.63) is 22.6 Å². The molecule has 1 aromatic rings. The van der Waals surface area contributed by atoms with Gasteiger partial charge < -0.3 is 14.1 Å². The number of nitrogens with zero attached hydrogens (tertiary/aromatic N) is 1. The molecule has 0 aromatic carbocycles. The van der Waals surface area contributed by atoms with E-state index in [1.54, 1.807) is 4.90 Å². The Labute approximate surface area is 109 Å². The SMILES string of the molecule is CC(C)(C)OC(=O)N1CC(c2ccc(Br)o2)C1. The van der Waals surface area contributed by atoms with Crippen molar-refractivity contribution in [2.24, 2.45) is 0 Å². The predicted molar refractivity (Wildman–Crippen MR) is 67.0 cm³/mol. The Morgan fingerprint density at radius 1 is 1.47 bits per heavy atom. The molecule has 0 atom stereocenters. The highest BCUT2D eigenvalue weighted by molar-refractivity contribution is 9.10. The molecular weight excluding hydrogens is 286 g/mol. The summed E-state index contributed by atoms with van der Waals surface area (Å²) in [6.45, 7) is 6.92. The average molecular weight is 302 g/mol. The molecule has 0 bridgehead atoms. The molecule has 1 aliphatic heterocycles. The molecule has 5 heteroatoms. The van der Waals surface area contributed by atoms with Crippen LogP contribution in [0.25, 0.3) is 0 Å². The van der Waals surface area contributed by atoms with E-state index in [0.717, 1.165) is 10.4 Å². The number of halogens is 1. The Morgan fingerprint density at radius 3 is 2.59 bits per heavy atom. The molecule has 4 nitrogen and oxygen atoms in total. The standard InChI is InChI=1S/C12H16BrNO3/c1-12(2,3)17-11(15)14-6-8(7-14)9-4-5-10(13)16-9/h4-5,8H,6-7H2,1-3H3. The molecule has 0 unspecified atom stereocenters. The summed E-state index contributed by atoms with van der Waals surface area (Å²) in [7, 11) is 0. The fourth-order valence-corrected chi connectivity index (χ4v) is 2.00. The maximum Gasteiger partial charge on any atom is 0.410 e. The van der Waals surface area contributed by atoms with Crippen LogP contribution in [0.2, 0.25) is 0 Å². The lowest BCUT2D eigenvalue weighted by atomic mass is 9.98. The van der Waals surface area contributed by atoms with E-state index in [-0.39, 0.29) is 12.0 Å². The van der Waals surface area contributed by atoms with Crippen LogP contribution in [0, 0.1) is 0 Å². The van der Waals surface area contributed by atoms with Crippen LogP contribution in [-0.2, 0) is 4.74 Å². The first-order valence-electron chi connectivity index (χ1n) is 5.58. The summed E-state index contributed by atoms with van der Waals surface area (Å²) >= 11 is 3.27. The van der Waals surface area contributed by atoms with Crippen LogP contribution in [0.4, 0.5) is 4.79 Å². The van der Waals surface area contributed by atoms with Gasteiger partial charge in [0.25, 0.3) is 0 Å². The second-order valence-corrected chi connectivity index (χ2v) is 6.01. The minimum atomic E-state index is -0.435. The number of hydrogen-bond acceptors (Lipinski definition) is 3. The van der Waals surface area contributed by atoms with Crippen LogP contribution in [0.1, 0.15) is 32.4 Å². The maximum absolute atomic E-state index is 11.7. The lowest BCUT2D eigenvalue weighted by molar-refractivity contribution is 0.00646. The van der Waals surface area contributed by atoms with Crippen LogP contribution in [0.5, 0.6) is 0 Å². The minimum Gasteiger partial charge on any atom is -0.454 e. The van der Waals surface area contributed by atoms with Crippen molar-refractivity contribution < 1.29 is 13.9 Å². The number of carbonyl (C=O) groups excluding carboxylic acids is 1. The van der Waals surface area contributed by atoms with E-state index < -0.39 is 5.60 Å². The summed E-state index contributed by atoms with van der Waals surface area (Å²) in [5.74, 6) is 1.20. The molecule has 0 spiro atoms. The van der Waals surface area contributed by atoms with Gasteiger partial charge in [-0.3, -0.25) is 0 Å². The van der Waals surface area contributed by atoms with Crippen molar-refractivity contribution in [3.8, 4) is 0 Å². The predicted octanol–water partition coefficient (Wildman–Crippen LogP) is 3.38. The van der Waals surface area contributed by atoms with Crippen LogP contribution < -0.4 is 0 Å². The molecule has 2 rings (SSSR count). The second-order valence-electron chi connectivity index (χ2n) is 5.22. The molecule has 1 amide bonds. The molecule has 1 aromatic heterocycles. The van der Waals surface area contributed by atoms with Gasteiger partial charge in [-0.2, -0.15) is 0 Å². The van der Waals surface area contributed by atoms with Gasteiger partial charge in [-0.1, -0.05) is 0 Å². The van der Waals surface area contributed by atoms with Crippen molar-refractivity contribution in [2.45, 2.75) is 32.3 Å². The van der Waals surface area contributed by atoms with Crippen LogP contribution in [0.15, 0.2) is 21.2 Å². The van der Waals surface area contributed by atoms with Crippen molar-refractivity contribution in [1.29, 1.82) is 0 Å². The fraction of sp³-hybridized carbons (Fsp3) is 0.583. The normalized spacial score (nSPS) is 16.8. The minimum absolute atomic E-state index is 0.251. The van der Waals surface area contributed by atoms with Crippen LogP contribution in [0.3, 0.4) is 0 Å². The first kappa shape index (κ1) is 12.5. The van der Waals surface area contributed by atoms with E-state index in [2.05, 4.69) is 15.9 Å². The van der Waals surface area contributed by atoms with Crippen molar-refractivity contribution in [1.82, 2.24) is 4.90 Å². The van der Waals surface area contributed by atoms with Gasteiger partial charge in [0, 0.05) is 13.1 Å². The van der Waals surface area contributed by atoms with Gasteiger partial charge in [0.05, 0.1) is 5.92 Å². The molecule has 0 aliphatic carbocycles. The molecule has 1 saturated heterocycles. The summed E-state index contributed by atoms with van der Waals surface area (Å²) in [4.78, 5) is 13.4. The number of carbonyl (C=O) groups is 1. The molecule has 2 heterocycles. The van der Waals surface area contributed by atoms with E-state index >= 15 is 0 Å². The summed E-state index contributed by atoms with van der Waals surface area (Å²) < 4.78 is 11.5. The fourth-order valence-electron chi connectivity index (χ4n) is 1.68. The van der Waals surface area contributed by atoms with E-state index in [9.17, 15) is 4.79 Å². The third-order valence-corrected chi connectivity index (χ3v) is 2.96. The van der Waals surface area contributed by atoms with Gasteiger partial charge in [0.1, 0.15) is 11.4 Å². The Bertz CT molecular complexity index is 416. The first-order valence-corrected chi connectivity index (χ1v) is 6.37. The van der Waals surface area contributed by atoms with E-state index in [1.807, 2.05) is 32.9 Å². The van der Waals surface area contributed by atoms with E-state index in [1.165, 1.54) is 0 Å². The van der Waals surface area contributed by atoms with Crippen molar-refractivity contribution in [2.75, 3.05) is 13.1 Å². The van der Waals surface area contributed by atoms with Gasteiger partial charge in [-0.15, -0.1) is 0 Å². The topological polar surface area (TPSA) is 42.7 Å². The zero-order valence-electron chi connectivity index (χ0n) is 10.2. The molecule has 0 N–H and O–H groups in total. The summed E-state index contributed by atoms with van der Waals surface area (Å²) in [6.07, 6.45) is -0.251. The summed E-state index contributed by atoms with van der Waals surface area (Å²) in [5.41, 5.74) is -0.435. The highest BCUT2D eigenvalue weighted by Crippen LogP contribution is 2.30. The number of hydrogen-bond donors (Lipinski definition) is 0. The number of rotatable bonds is 1. The number of furan rings is 1. The summed E-state index contributed by atoms with van der Waals surface area (Å²) in [5, 5.41) is 0. The Morgan fingerprint density at radius 2 is 2.12 bits per heavy atom. The third kappa shape index (κ3) is 3.03. The zero-order valence-corrected chi connectivity index (χ0v) is 11.8. The van der Waals surface area contributed by atoms with Gasteiger partial charge in [0.15, 0.2) is 4.67 Å². The molecule has 17 heavy (non-hydrogen) atoms. The number of likely N-dealkylation sites (tertiary alicyclic amines) is 1. The van der Waals surface area contributed by atoms with Gasteiger partial charge >= 0.3 is 6.09 Å². The number of amides is 1. The van der Waals surface area contributed by atoms with Crippen LogP contribution in [-0.4, -0.2) is 29.7 Å². The smallest absolute Gasteiger partial charge is 0.410 e. The maximum atomic E-state index is 11.7. The lowest BCUT2D eigenvalue weighted by Crippen LogP contribution is -2.50. The second kappa shape index (κ2) is 4.37. The number of ether oxygens (including phenoxy) is 1. The van der Waals surface area contributed by atoms with Gasteiger partial charge in [0.2, 0.25) is 0 Å². The molecule has 1 aliphatic rings. The van der Waals surface area contributed by atoms with E-state index in [0.29, 0.717) is 13.1 Å². The molecule has 0 saturated carbocycles. The van der Waals surface area contributed by atoms with Gasteiger partial charge in [-0.25, -0.2) is 4.79 Å². The lowest BCUT2D eigenvalue weighted by Gasteiger charge is -2.38. The van der Waals surface area contributed by atoms with Crippen LogP contribution >= 0.6 is 15.9 Å². The molecular formula is C12H16BrNO3. The Balaban J connectivity index is 1.85. The largest absolute Gasteiger partial charge is 0.454 e. The first-order chi connectivity index (χ1) is 7.85. The molecule has 0 radical (unpaired) electrons. The van der Waals surface area contributed by atoms with Crippen molar-refractivity contribution in [3.63, 3.8) is 0 Å². The van der Waals surface area contributed by atoms with E-state index in [4.69, 9.17) is 9.15 Å². The van der Waals surface area contributed by atoms with Crippen molar-refractivity contribution >= 4 is 22.0 Å². The third-order valence-electron chi connectivity index (χ3n) is 2.53. The average Bonchev–Trinajstić information content (AvgIpc) is 2.45. The monoisotopic (exact) mass is 301 g/mol. The highest BCUT2D eigenvalue weighted by Gasteiger charge is 2.36.